The van der Waals surface area contributed by atoms with Crippen LogP contribution in [0.4, 0.5) is 10.1 Å². The van der Waals surface area contributed by atoms with Crippen LogP contribution in [0.1, 0.15) is 82.3 Å². The Balaban J connectivity index is 0.00000237. The van der Waals surface area contributed by atoms with E-state index in [1.165, 1.54) is 18.5 Å². The Hall–Kier alpha value is -4.33. The van der Waals surface area contributed by atoms with Crippen LogP contribution in [-0.2, 0) is 11.3 Å². The van der Waals surface area contributed by atoms with Gasteiger partial charge in [0.15, 0.2) is 0 Å². The van der Waals surface area contributed by atoms with Crippen molar-refractivity contribution in [2.24, 2.45) is 5.92 Å². The first-order valence-corrected chi connectivity index (χ1v) is 14.6. The molecule has 7 nitrogen and oxygen atoms in total. The van der Waals surface area contributed by atoms with Crippen molar-refractivity contribution in [3.63, 3.8) is 0 Å². The van der Waals surface area contributed by atoms with Gasteiger partial charge in [0, 0.05) is 36.1 Å². The zero-order chi connectivity index (χ0) is 30.6. The Morgan fingerprint density at radius 2 is 1.67 bits per heavy atom. The minimum atomic E-state index is -0.790. The van der Waals surface area contributed by atoms with Gasteiger partial charge < -0.3 is 15.0 Å². The summed E-state index contributed by atoms with van der Waals surface area (Å²) in [5, 5.41) is 12.1. The van der Waals surface area contributed by atoms with Crippen LogP contribution < -0.4 is 5.32 Å². The third-order valence-electron chi connectivity index (χ3n) is 7.00. The molecule has 0 radical (unpaired) electrons. The summed E-state index contributed by atoms with van der Waals surface area (Å²) in [5.41, 5.74) is 4.90. The minimum absolute atomic E-state index is 0.0198. The number of carboxylic acids is 1. The Morgan fingerprint density at radius 1 is 0.976 bits per heavy atom. The number of carboxylic acid groups (broad SMARTS) is 1. The molecular weight excluding hydrogens is 531 g/mol. The normalized spacial score (nSPS) is 11.5. The van der Waals surface area contributed by atoms with Crippen LogP contribution in [0.2, 0.25) is 0 Å². The van der Waals surface area contributed by atoms with Crippen molar-refractivity contribution in [3.8, 4) is 22.5 Å². The number of amides is 1. The highest BCUT2D eigenvalue weighted by Gasteiger charge is 2.31. The van der Waals surface area contributed by atoms with Crippen molar-refractivity contribution in [2.45, 2.75) is 72.8 Å². The Bertz CT molecular complexity index is 1440. The molecule has 222 valence electrons. The maximum Gasteiger partial charge on any atom is 0.303 e. The number of anilines is 1. The van der Waals surface area contributed by atoms with Gasteiger partial charge in [-0.2, -0.15) is 0 Å². The number of hydrogen-bond acceptors (Lipinski definition) is 4. The van der Waals surface area contributed by atoms with E-state index in [2.05, 4.69) is 40.6 Å². The first-order chi connectivity index (χ1) is 20.3. The fourth-order valence-electron chi connectivity index (χ4n) is 5.11. The highest BCUT2D eigenvalue weighted by Crippen LogP contribution is 2.42. The van der Waals surface area contributed by atoms with Crippen LogP contribution in [0.25, 0.3) is 22.5 Å². The van der Waals surface area contributed by atoms with Gasteiger partial charge in [0.1, 0.15) is 12.1 Å². The molecule has 2 aromatic heterocycles. The smallest absolute Gasteiger partial charge is 0.303 e. The van der Waals surface area contributed by atoms with Crippen molar-refractivity contribution in [3.05, 3.63) is 90.3 Å². The van der Waals surface area contributed by atoms with Gasteiger partial charge in [0.2, 0.25) is 0 Å². The molecule has 4 rings (SSSR count). The molecule has 1 unspecified atom stereocenters. The Labute approximate surface area is 247 Å². The number of halogens is 1. The van der Waals surface area contributed by atoms with Crippen LogP contribution in [0.3, 0.4) is 0 Å². The average Bonchev–Trinajstić information content (AvgIpc) is 3.34. The van der Waals surface area contributed by atoms with Gasteiger partial charge in [-0.05, 0) is 72.7 Å². The summed E-state index contributed by atoms with van der Waals surface area (Å²) < 4.78 is 16.2. The number of rotatable bonds is 12. The number of carbonyl (C=O) groups excluding carboxylic acids is 1. The molecular formula is C34H41FN4O3. The number of nitrogens with one attached hydrogen (secondary N) is 1. The van der Waals surface area contributed by atoms with E-state index in [1.807, 2.05) is 44.2 Å². The monoisotopic (exact) mass is 572 g/mol. The van der Waals surface area contributed by atoms with Crippen LogP contribution >= 0.6 is 0 Å². The average molecular weight is 573 g/mol. The number of aliphatic carboxylic acids is 1. The van der Waals surface area contributed by atoms with Gasteiger partial charge in [-0.3, -0.25) is 9.59 Å². The molecule has 0 spiro atoms. The van der Waals surface area contributed by atoms with Gasteiger partial charge >= 0.3 is 5.97 Å². The summed E-state index contributed by atoms with van der Waals surface area (Å²) in [6.07, 6.45) is 5.43. The standard InChI is InChI=1S/C32H35FN4O3.C2H6/c1-21(2)30-29(32(40)36-25-9-5-4-6-10-25)28(26-16-18-34-20-35-26)31(23-12-14-24(33)15-13-23)37(30)19-17-22(3)8-7-11-27(38)39;1-2/h4-6,9-10,12-16,18,20-22H,7-8,11,17,19H2,1-3H3,(H,36,40)(H,38,39);1-2H3. The third-order valence-corrected chi connectivity index (χ3v) is 7.00. The molecule has 42 heavy (non-hydrogen) atoms. The van der Waals surface area contributed by atoms with Gasteiger partial charge in [-0.1, -0.05) is 59.2 Å². The van der Waals surface area contributed by atoms with E-state index >= 15 is 0 Å². The molecule has 0 saturated heterocycles. The summed E-state index contributed by atoms with van der Waals surface area (Å²) >= 11 is 0. The zero-order valence-corrected chi connectivity index (χ0v) is 25.1. The molecule has 1 atom stereocenters. The van der Waals surface area contributed by atoms with Crippen molar-refractivity contribution in [2.75, 3.05) is 5.32 Å². The number of hydrogen-bond donors (Lipinski definition) is 2. The second-order valence-electron chi connectivity index (χ2n) is 10.4. The lowest BCUT2D eigenvalue weighted by atomic mass is 9.97. The highest BCUT2D eigenvalue weighted by atomic mass is 19.1. The van der Waals surface area contributed by atoms with Gasteiger partial charge in [-0.25, -0.2) is 14.4 Å². The number of benzene rings is 2. The van der Waals surface area contributed by atoms with E-state index in [9.17, 15) is 14.0 Å². The third kappa shape index (κ3) is 8.12. The van der Waals surface area contributed by atoms with E-state index < -0.39 is 5.97 Å². The van der Waals surface area contributed by atoms with E-state index in [-0.39, 0.29) is 30.0 Å². The fourth-order valence-corrected chi connectivity index (χ4v) is 5.11. The second kappa shape index (κ2) is 15.6. The molecule has 0 fully saturated rings. The van der Waals surface area contributed by atoms with Crippen molar-refractivity contribution in [1.29, 1.82) is 0 Å². The summed E-state index contributed by atoms with van der Waals surface area (Å²) in [7, 11) is 0. The van der Waals surface area contributed by atoms with Gasteiger partial charge in [0.05, 0.1) is 17.0 Å². The van der Waals surface area contributed by atoms with E-state index in [0.29, 0.717) is 35.5 Å². The quantitative estimate of drug-likeness (QED) is 0.178. The molecule has 2 N–H and O–H groups in total. The van der Waals surface area contributed by atoms with Crippen LogP contribution in [-0.4, -0.2) is 31.5 Å². The SMILES string of the molecule is CC.CC(CCCC(=O)O)CCn1c(-c2ccc(F)cc2)c(-c2ccncn2)c(C(=O)Nc2ccccc2)c1C(C)C. The molecule has 0 aliphatic rings. The van der Waals surface area contributed by atoms with E-state index in [4.69, 9.17) is 5.11 Å². The van der Waals surface area contributed by atoms with Crippen LogP contribution in [0, 0.1) is 11.7 Å². The minimum Gasteiger partial charge on any atom is -0.481 e. The summed E-state index contributed by atoms with van der Waals surface area (Å²) in [6.45, 7) is 10.8. The lowest BCUT2D eigenvalue weighted by Gasteiger charge is -2.19. The topological polar surface area (TPSA) is 97.1 Å². The van der Waals surface area contributed by atoms with Crippen LogP contribution in [0.15, 0.2) is 73.2 Å². The molecule has 0 aliphatic carbocycles. The molecule has 2 aromatic carbocycles. The summed E-state index contributed by atoms with van der Waals surface area (Å²) in [6, 6.07) is 17.4. The maximum atomic E-state index is 14.0. The lowest BCUT2D eigenvalue weighted by Crippen LogP contribution is -2.17. The lowest BCUT2D eigenvalue weighted by molar-refractivity contribution is -0.137. The number of aromatic nitrogens is 3. The molecule has 2 heterocycles. The van der Waals surface area contributed by atoms with E-state index in [1.54, 1.807) is 24.4 Å². The second-order valence-corrected chi connectivity index (χ2v) is 10.4. The van der Waals surface area contributed by atoms with Gasteiger partial charge in [-0.15, -0.1) is 0 Å². The summed E-state index contributed by atoms with van der Waals surface area (Å²) in [5.74, 6) is -1.13. The number of nitrogens with zero attached hydrogens (tertiary/aromatic N) is 3. The predicted molar refractivity (Wildman–Crippen MR) is 166 cm³/mol. The zero-order valence-electron chi connectivity index (χ0n) is 25.1. The maximum absolute atomic E-state index is 14.0. The van der Waals surface area contributed by atoms with Crippen molar-refractivity contribution >= 4 is 17.6 Å². The summed E-state index contributed by atoms with van der Waals surface area (Å²) in [4.78, 5) is 33.7. The predicted octanol–water partition coefficient (Wildman–Crippen LogP) is 8.43. The van der Waals surface area contributed by atoms with E-state index in [0.717, 1.165) is 29.8 Å². The molecule has 0 bridgehead atoms. The molecule has 4 aromatic rings. The number of para-hydroxylation sites is 1. The Kier molecular flexibility index (Phi) is 12.0. The molecule has 8 heteroatoms. The van der Waals surface area contributed by atoms with Crippen molar-refractivity contribution < 1.29 is 19.1 Å². The fraction of sp³-hybridized carbons (Fsp3) is 0.353. The van der Waals surface area contributed by atoms with Gasteiger partial charge in [0.25, 0.3) is 5.91 Å². The number of carbonyl (C=O) groups is 2. The van der Waals surface area contributed by atoms with Crippen LogP contribution in [0.5, 0.6) is 0 Å². The molecule has 0 saturated carbocycles. The van der Waals surface area contributed by atoms with Crippen molar-refractivity contribution in [1.82, 2.24) is 14.5 Å². The largest absolute Gasteiger partial charge is 0.481 e. The Morgan fingerprint density at radius 3 is 2.26 bits per heavy atom. The first kappa shape index (κ1) is 32.2. The first-order valence-electron chi connectivity index (χ1n) is 14.6. The highest BCUT2D eigenvalue weighted by molar-refractivity contribution is 6.12. The molecule has 1 amide bonds. The molecule has 0 aliphatic heterocycles.